The maximum atomic E-state index is 12.1. The van der Waals surface area contributed by atoms with Gasteiger partial charge in [0.05, 0.1) is 12.6 Å². The summed E-state index contributed by atoms with van der Waals surface area (Å²) in [6.07, 6.45) is 1.78. The van der Waals surface area contributed by atoms with Crippen molar-refractivity contribution in [3.05, 3.63) is 21.9 Å². The first kappa shape index (κ1) is 14.5. The molecule has 2 N–H and O–H groups in total. The minimum atomic E-state index is -0.0983. The fraction of sp³-hybridized carbons (Fsp3) is 0.667. The molecule has 1 heterocycles. The highest BCUT2D eigenvalue weighted by Crippen LogP contribution is 2.49. The minimum Gasteiger partial charge on any atom is -0.394 e. The zero-order valence-electron chi connectivity index (χ0n) is 11.8. The Labute approximate surface area is 119 Å². The van der Waals surface area contributed by atoms with Crippen molar-refractivity contribution in [2.24, 2.45) is 11.8 Å². The van der Waals surface area contributed by atoms with Crippen LogP contribution >= 0.6 is 11.3 Å². The van der Waals surface area contributed by atoms with Crippen LogP contribution in [0, 0.1) is 18.8 Å². The van der Waals surface area contributed by atoms with Gasteiger partial charge in [0.2, 0.25) is 5.91 Å². The monoisotopic (exact) mass is 281 g/mol. The van der Waals surface area contributed by atoms with Gasteiger partial charge in [-0.05, 0) is 37.8 Å². The van der Waals surface area contributed by atoms with Crippen molar-refractivity contribution in [2.75, 3.05) is 6.61 Å². The van der Waals surface area contributed by atoms with Crippen LogP contribution in [0.15, 0.2) is 12.1 Å². The minimum absolute atomic E-state index is 0.0272. The van der Waals surface area contributed by atoms with Gasteiger partial charge in [-0.3, -0.25) is 4.79 Å². The number of aliphatic hydroxyl groups excluding tert-OH is 1. The number of carbonyl (C=O) groups excluding carboxylic acids is 1. The fourth-order valence-corrected chi connectivity index (χ4v) is 3.56. The summed E-state index contributed by atoms with van der Waals surface area (Å²) in [6, 6.07) is 4.15. The maximum Gasteiger partial charge on any atom is 0.224 e. The first-order valence-corrected chi connectivity index (χ1v) is 7.80. The number of amides is 1. The van der Waals surface area contributed by atoms with Crippen molar-refractivity contribution in [2.45, 2.75) is 45.6 Å². The van der Waals surface area contributed by atoms with Crippen LogP contribution in [0.4, 0.5) is 0 Å². The summed E-state index contributed by atoms with van der Waals surface area (Å²) < 4.78 is 0. The number of aryl methyl sites for hydroxylation is 1. The molecule has 0 radical (unpaired) electrons. The quantitative estimate of drug-likeness (QED) is 0.842. The molecule has 1 saturated carbocycles. The Morgan fingerprint density at radius 3 is 2.79 bits per heavy atom. The number of rotatable bonds is 6. The van der Waals surface area contributed by atoms with Crippen LogP contribution in [0.25, 0.3) is 0 Å². The molecule has 1 amide bonds. The predicted molar refractivity (Wildman–Crippen MR) is 78.4 cm³/mol. The highest BCUT2D eigenvalue weighted by Gasteiger charge is 2.45. The van der Waals surface area contributed by atoms with Crippen LogP contribution in [-0.4, -0.2) is 23.7 Å². The Morgan fingerprint density at radius 1 is 1.53 bits per heavy atom. The summed E-state index contributed by atoms with van der Waals surface area (Å²) in [6.45, 7) is 6.32. The molecule has 1 aliphatic rings. The van der Waals surface area contributed by atoms with E-state index in [-0.39, 0.29) is 24.5 Å². The van der Waals surface area contributed by atoms with Gasteiger partial charge in [0, 0.05) is 21.6 Å². The molecule has 4 heteroatoms. The van der Waals surface area contributed by atoms with Gasteiger partial charge >= 0.3 is 0 Å². The topological polar surface area (TPSA) is 49.3 Å². The van der Waals surface area contributed by atoms with E-state index in [1.165, 1.54) is 9.75 Å². The standard InChI is InChI=1S/C15H23NO2S/c1-9(2)6-11(8-17)16-15(18)13-7-12(13)14-5-4-10(3)19-14/h4-5,9,11-13,17H,6-8H2,1-3H3,(H,16,18). The van der Waals surface area contributed by atoms with E-state index in [9.17, 15) is 9.90 Å². The van der Waals surface area contributed by atoms with E-state index in [1.807, 2.05) is 0 Å². The molecule has 106 valence electrons. The molecule has 1 fully saturated rings. The Hall–Kier alpha value is -0.870. The highest BCUT2D eigenvalue weighted by atomic mass is 32.1. The van der Waals surface area contributed by atoms with Gasteiger partial charge in [-0.25, -0.2) is 0 Å². The van der Waals surface area contributed by atoms with Crippen LogP contribution in [0.2, 0.25) is 0 Å². The molecule has 2 rings (SSSR count). The second kappa shape index (κ2) is 6.06. The molecule has 0 aliphatic heterocycles. The van der Waals surface area contributed by atoms with Crippen LogP contribution in [0.5, 0.6) is 0 Å². The molecule has 19 heavy (non-hydrogen) atoms. The molecular formula is C15H23NO2S. The molecule has 3 atom stereocenters. The number of aliphatic hydroxyl groups is 1. The van der Waals surface area contributed by atoms with Crippen molar-refractivity contribution < 1.29 is 9.90 Å². The molecule has 0 bridgehead atoms. The Balaban J connectivity index is 1.85. The maximum absolute atomic E-state index is 12.1. The lowest BCUT2D eigenvalue weighted by atomic mass is 10.0. The van der Waals surface area contributed by atoms with E-state index < -0.39 is 0 Å². The average molecular weight is 281 g/mol. The lowest BCUT2D eigenvalue weighted by Crippen LogP contribution is -2.39. The Morgan fingerprint density at radius 2 is 2.26 bits per heavy atom. The molecule has 3 unspecified atom stereocenters. The van der Waals surface area contributed by atoms with Gasteiger partial charge in [0.1, 0.15) is 0 Å². The Bertz CT molecular complexity index is 441. The SMILES string of the molecule is Cc1ccc(C2CC2C(=O)NC(CO)CC(C)C)s1. The molecule has 0 saturated heterocycles. The van der Waals surface area contributed by atoms with Gasteiger partial charge in [0.15, 0.2) is 0 Å². The van der Waals surface area contributed by atoms with E-state index in [0.29, 0.717) is 11.8 Å². The van der Waals surface area contributed by atoms with E-state index in [4.69, 9.17) is 0 Å². The number of hydrogen-bond donors (Lipinski definition) is 2. The summed E-state index contributed by atoms with van der Waals surface area (Å²) in [5.74, 6) is 1.10. The van der Waals surface area contributed by atoms with E-state index in [2.05, 4.69) is 38.2 Å². The third-order valence-corrected chi connectivity index (χ3v) is 4.71. The first-order chi connectivity index (χ1) is 9.01. The van der Waals surface area contributed by atoms with Crippen molar-refractivity contribution in [1.82, 2.24) is 5.32 Å². The van der Waals surface area contributed by atoms with Crippen LogP contribution in [-0.2, 0) is 4.79 Å². The van der Waals surface area contributed by atoms with Gasteiger partial charge in [-0.15, -0.1) is 11.3 Å². The summed E-state index contributed by atoms with van der Waals surface area (Å²) >= 11 is 1.79. The number of carbonyl (C=O) groups is 1. The van der Waals surface area contributed by atoms with Crippen molar-refractivity contribution >= 4 is 17.2 Å². The molecule has 1 aromatic rings. The smallest absolute Gasteiger partial charge is 0.224 e. The summed E-state index contributed by atoms with van der Waals surface area (Å²) in [7, 11) is 0. The average Bonchev–Trinajstić information content (AvgIpc) is 3.04. The van der Waals surface area contributed by atoms with Crippen LogP contribution in [0.1, 0.15) is 42.4 Å². The predicted octanol–water partition coefficient (Wildman–Crippen LogP) is 2.68. The first-order valence-electron chi connectivity index (χ1n) is 6.98. The zero-order chi connectivity index (χ0) is 14.0. The molecule has 0 spiro atoms. The van der Waals surface area contributed by atoms with E-state index in [0.717, 1.165) is 12.8 Å². The largest absolute Gasteiger partial charge is 0.394 e. The summed E-state index contributed by atoms with van der Waals surface area (Å²) in [5, 5.41) is 12.3. The van der Waals surface area contributed by atoms with Gasteiger partial charge in [-0.1, -0.05) is 13.8 Å². The third-order valence-electron chi connectivity index (χ3n) is 3.58. The summed E-state index contributed by atoms with van der Waals surface area (Å²) in [4.78, 5) is 14.8. The van der Waals surface area contributed by atoms with E-state index >= 15 is 0 Å². The van der Waals surface area contributed by atoms with Gasteiger partial charge in [-0.2, -0.15) is 0 Å². The lowest BCUT2D eigenvalue weighted by molar-refractivity contribution is -0.123. The zero-order valence-corrected chi connectivity index (χ0v) is 12.7. The number of hydrogen-bond acceptors (Lipinski definition) is 3. The van der Waals surface area contributed by atoms with E-state index in [1.54, 1.807) is 11.3 Å². The molecule has 3 nitrogen and oxygen atoms in total. The second-order valence-electron chi connectivity index (χ2n) is 5.91. The summed E-state index contributed by atoms with van der Waals surface area (Å²) in [5.41, 5.74) is 0. The molecule has 0 aromatic carbocycles. The van der Waals surface area contributed by atoms with Crippen molar-refractivity contribution in [3.63, 3.8) is 0 Å². The number of thiophene rings is 1. The van der Waals surface area contributed by atoms with Crippen molar-refractivity contribution in [3.8, 4) is 0 Å². The highest BCUT2D eigenvalue weighted by molar-refractivity contribution is 7.12. The Kier molecular flexibility index (Phi) is 4.63. The molecule has 1 aromatic heterocycles. The second-order valence-corrected chi connectivity index (χ2v) is 7.23. The molecular weight excluding hydrogens is 258 g/mol. The molecule has 1 aliphatic carbocycles. The van der Waals surface area contributed by atoms with Gasteiger partial charge in [0.25, 0.3) is 0 Å². The van der Waals surface area contributed by atoms with Crippen LogP contribution < -0.4 is 5.32 Å². The van der Waals surface area contributed by atoms with Crippen molar-refractivity contribution in [1.29, 1.82) is 0 Å². The number of nitrogens with one attached hydrogen (secondary N) is 1. The lowest BCUT2D eigenvalue weighted by Gasteiger charge is -2.18. The normalized spacial score (nSPS) is 23.4. The van der Waals surface area contributed by atoms with Crippen LogP contribution in [0.3, 0.4) is 0 Å². The third kappa shape index (κ3) is 3.80. The fourth-order valence-electron chi connectivity index (χ4n) is 2.51. The van der Waals surface area contributed by atoms with Gasteiger partial charge < -0.3 is 10.4 Å².